The molecular formula is C15H18FN3. The fraction of sp³-hybridized carbons (Fsp3) is 0.267. The SMILES string of the molecule is Cc1cc(C)cc(N(C)c2ncc(F)cc2CN)c1. The number of pyridine rings is 1. The van der Waals surface area contributed by atoms with Crippen molar-refractivity contribution in [2.24, 2.45) is 5.73 Å². The first kappa shape index (κ1) is 13.5. The van der Waals surface area contributed by atoms with Gasteiger partial charge in [-0.05, 0) is 43.2 Å². The van der Waals surface area contributed by atoms with Gasteiger partial charge >= 0.3 is 0 Å². The number of nitrogens with zero attached hydrogens (tertiary/aromatic N) is 2. The topological polar surface area (TPSA) is 42.2 Å². The van der Waals surface area contributed by atoms with Crippen LogP contribution >= 0.6 is 0 Å². The van der Waals surface area contributed by atoms with Crippen LogP contribution in [0.5, 0.6) is 0 Å². The molecule has 1 aromatic carbocycles. The number of rotatable bonds is 3. The van der Waals surface area contributed by atoms with Crippen LogP contribution in [-0.4, -0.2) is 12.0 Å². The molecule has 0 bridgehead atoms. The van der Waals surface area contributed by atoms with Crippen molar-refractivity contribution in [3.05, 3.63) is 53.0 Å². The molecule has 0 radical (unpaired) electrons. The molecule has 0 fully saturated rings. The average molecular weight is 259 g/mol. The highest BCUT2D eigenvalue weighted by Crippen LogP contribution is 2.26. The highest BCUT2D eigenvalue weighted by Gasteiger charge is 2.11. The molecule has 0 saturated heterocycles. The molecule has 0 aliphatic heterocycles. The first-order valence-corrected chi connectivity index (χ1v) is 6.18. The maximum atomic E-state index is 13.2. The summed E-state index contributed by atoms with van der Waals surface area (Å²) >= 11 is 0. The molecule has 3 nitrogen and oxygen atoms in total. The normalized spacial score (nSPS) is 10.6. The van der Waals surface area contributed by atoms with Crippen molar-refractivity contribution in [2.75, 3.05) is 11.9 Å². The summed E-state index contributed by atoms with van der Waals surface area (Å²) in [5.74, 6) is 0.326. The maximum Gasteiger partial charge on any atom is 0.141 e. The third kappa shape index (κ3) is 2.90. The van der Waals surface area contributed by atoms with Gasteiger partial charge in [-0.15, -0.1) is 0 Å². The lowest BCUT2D eigenvalue weighted by Gasteiger charge is -2.22. The van der Waals surface area contributed by atoms with Crippen LogP contribution in [0.25, 0.3) is 0 Å². The van der Waals surface area contributed by atoms with Crippen molar-refractivity contribution in [2.45, 2.75) is 20.4 Å². The van der Waals surface area contributed by atoms with E-state index in [2.05, 4.69) is 23.2 Å². The van der Waals surface area contributed by atoms with Crippen molar-refractivity contribution in [1.29, 1.82) is 0 Å². The van der Waals surface area contributed by atoms with Crippen LogP contribution < -0.4 is 10.6 Å². The minimum absolute atomic E-state index is 0.259. The molecule has 1 heterocycles. The third-order valence-corrected chi connectivity index (χ3v) is 3.04. The van der Waals surface area contributed by atoms with E-state index in [-0.39, 0.29) is 12.4 Å². The molecule has 0 aliphatic carbocycles. The van der Waals surface area contributed by atoms with Crippen LogP contribution in [0.4, 0.5) is 15.9 Å². The predicted molar refractivity (Wildman–Crippen MR) is 76.1 cm³/mol. The molecule has 0 amide bonds. The van der Waals surface area contributed by atoms with Gasteiger partial charge in [0, 0.05) is 24.8 Å². The summed E-state index contributed by atoms with van der Waals surface area (Å²) in [6, 6.07) is 7.68. The van der Waals surface area contributed by atoms with Crippen molar-refractivity contribution >= 4 is 11.5 Å². The first-order valence-electron chi connectivity index (χ1n) is 6.18. The Labute approximate surface area is 112 Å². The van der Waals surface area contributed by atoms with Gasteiger partial charge in [-0.3, -0.25) is 0 Å². The van der Waals surface area contributed by atoms with Gasteiger partial charge in [0.1, 0.15) is 11.6 Å². The Kier molecular flexibility index (Phi) is 3.81. The lowest BCUT2D eigenvalue weighted by molar-refractivity contribution is 0.618. The summed E-state index contributed by atoms with van der Waals surface area (Å²) in [7, 11) is 1.91. The number of benzene rings is 1. The minimum Gasteiger partial charge on any atom is -0.329 e. The minimum atomic E-state index is -0.363. The Hall–Kier alpha value is -1.94. The van der Waals surface area contributed by atoms with Crippen LogP contribution in [0.15, 0.2) is 30.5 Å². The largest absolute Gasteiger partial charge is 0.329 e. The van der Waals surface area contributed by atoms with E-state index in [1.54, 1.807) is 0 Å². The number of anilines is 2. The van der Waals surface area contributed by atoms with Gasteiger partial charge in [0.05, 0.1) is 6.20 Å². The second kappa shape index (κ2) is 5.36. The number of hydrogen-bond acceptors (Lipinski definition) is 3. The fourth-order valence-electron chi connectivity index (χ4n) is 2.19. The Morgan fingerprint density at radius 1 is 1.16 bits per heavy atom. The number of aromatic nitrogens is 1. The molecule has 1 aromatic heterocycles. The van der Waals surface area contributed by atoms with Gasteiger partial charge < -0.3 is 10.6 Å². The average Bonchev–Trinajstić information content (AvgIpc) is 2.36. The Morgan fingerprint density at radius 2 is 1.79 bits per heavy atom. The van der Waals surface area contributed by atoms with Gasteiger partial charge in [0.25, 0.3) is 0 Å². The van der Waals surface area contributed by atoms with E-state index in [1.807, 2.05) is 25.8 Å². The summed E-state index contributed by atoms with van der Waals surface area (Å²) in [6.45, 7) is 4.35. The summed E-state index contributed by atoms with van der Waals surface area (Å²) in [5.41, 5.74) is 9.74. The number of hydrogen-bond donors (Lipinski definition) is 1. The molecule has 2 rings (SSSR count). The van der Waals surface area contributed by atoms with Crippen LogP contribution in [-0.2, 0) is 6.54 Å². The van der Waals surface area contributed by atoms with E-state index in [0.717, 1.165) is 5.69 Å². The molecule has 0 spiro atoms. The van der Waals surface area contributed by atoms with Crippen LogP contribution in [0, 0.1) is 19.7 Å². The summed E-state index contributed by atoms with van der Waals surface area (Å²) in [4.78, 5) is 6.09. The third-order valence-electron chi connectivity index (χ3n) is 3.04. The lowest BCUT2D eigenvalue weighted by Crippen LogP contribution is -2.15. The summed E-state index contributed by atoms with van der Waals surface area (Å²) in [6.07, 6.45) is 1.22. The molecule has 100 valence electrons. The fourth-order valence-corrected chi connectivity index (χ4v) is 2.19. The summed E-state index contributed by atoms with van der Waals surface area (Å²) in [5, 5.41) is 0. The molecule has 2 N–H and O–H groups in total. The Morgan fingerprint density at radius 3 is 2.37 bits per heavy atom. The van der Waals surface area contributed by atoms with E-state index in [9.17, 15) is 4.39 Å². The summed E-state index contributed by atoms with van der Waals surface area (Å²) < 4.78 is 13.2. The van der Waals surface area contributed by atoms with Crippen molar-refractivity contribution < 1.29 is 4.39 Å². The van der Waals surface area contributed by atoms with Crippen LogP contribution in [0.3, 0.4) is 0 Å². The van der Waals surface area contributed by atoms with Gasteiger partial charge in [0.15, 0.2) is 0 Å². The van der Waals surface area contributed by atoms with E-state index < -0.39 is 0 Å². The standard InChI is InChI=1S/C15H18FN3/c1-10-4-11(2)6-14(5-10)19(3)15-12(8-17)7-13(16)9-18-15/h4-7,9H,8,17H2,1-3H3. The molecule has 0 saturated carbocycles. The molecule has 4 heteroatoms. The van der Waals surface area contributed by atoms with E-state index in [1.165, 1.54) is 23.4 Å². The van der Waals surface area contributed by atoms with Gasteiger partial charge in [-0.25, -0.2) is 9.37 Å². The van der Waals surface area contributed by atoms with Crippen LogP contribution in [0.2, 0.25) is 0 Å². The zero-order valence-electron chi connectivity index (χ0n) is 11.4. The predicted octanol–water partition coefficient (Wildman–Crippen LogP) is 3.06. The second-order valence-corrected chi connectivity index (χ2v) is 4.75. The van der Waals surface area contributed by atoms with Gasteiger partial charge in [-0.1, -0.05) is 6.07 Å². The number of nitrogens with two attached hydrogens (primary N) is 1. The second-order valence-electron chi connectivity index (χ2n) is 4.75. The van der Waals surface area contributed by atoms with E-state index in [0.29, 0.717) is 11.4 Å². The smallest absolute Gasteiger partial charge is 0.141 e. The highest BCUT2D eigenvalue weighted by atomic mass is 19.1. The highest BCUT2D eigenvalue weighted by molar-refractivity contribution is 5.63. The van der Waals surface area contributed by atoms with Crippen molar-refractivity contribution in [3.8, 4) is 0 Å². The first-order chi connectivity index (χ1) is 9.01. The monoisotopic (exact) mass is 259 g/mol. The van der Waals surface area contributed by atoms with E-state index >= 15 is 0 Å². The number of aryl methyl sites for hydroxylation is 2. The maximum absolute atomic E-state index is 13.2. The molecule has 0 aliphatic rings. The zero-order chi connectivity index (χ0) is 14.0. The Balaban J connectivity index is 2.46. The zero-order valence-corrected chi connectivity index (χ0v) is 11.4. The van der Waals surface area contributed by atoms with Gasteiger partial charge in [-0.2, -0.15) is 0 Å². The molecular weight excluding hydrogens is 241 g/mol. The van der Waals surface area contributed by atoms with Gasteiger partial charge in [0.2, 0.25) is 0 Å². The van der Waals surface area contributed by atoms with Crippen molar-refractivity contribution in [3.63, 3.8) is 0 Å². The number of halogens is 1. The van der Waals surface area contributed by atoms with Crippen molar-refractivity contribution in [1.82, 2.24) is 4.98 Å². The molecule has 0 atom stereocenters. The van der Waals surface area contributed by atoms with E-state index in [4.69, 9.17) is 5.73 Å². The Bertz CT molecular complexity index is 576. The molecule has 2 aromatic rings. The van der Waals surface area contributed by atoms with Crippen LogP contribution in [0.1, 0.15) is 16.7 Å². The molecule has 0 unspecified atom stereocenters. The lowest BCUT2D eigenvalue weighted by atomic mass is 10.1. The quantitative estimate of drug-likeness (QED) is 0.921. The molecule has 19 heavy (non-hydrogen) atoms.